The minimum absolute atomic E-state index is 0.104. The Kier molecular flexibility index (Phi) is 6.12. The molecule has 0 aliphatic carbocycles. The van der Waals surface area contributed by atoms with Gasteiger partial charge in [-0.1, -0.05) is 17.7 Å². The number of nitrogen functional groups attached to an aromatic ring is 1. The Bertz CT molecular complexity index is 1070. The maximum Gasteiger partial charge on any atom is 0.296 e. The SMILES string of the molecule is Cc1ccc(S(=O)(=O)OCCc2scc(Cc3cnc(C)nc3N)c2C)cc1. The molecule has 0 aliphatic heterocycles. The summed E-state index contributed by atoms with van der Waals surface area (Å²) in [6.45, 7) is 5.84. The Morgan fingerprint density at radius 3 is 2.50 bits per heavy atom. The van der Waals surface area contributed by atoms with Crippen molar-refractivity contribution in [3.05, 3.63) is 68.8 Å². The minimum atomic E-state index is -3.74. The van der Waals surface area contributed by atoms with Crippen molar-refractivity contribution in [2.45, 2.75) is 38.5 Å². The van der Waals surface area contributed by atoms with Gasteiger partial charge in [-0.25, -0.2) is 9.97 Å². The zero-order valence-corrected chi connectivity index (χ0v) is 17.7. The fraction of sp³-hybridized carbons (Fsp3) is 0.300. The molecule has 2 aromatic heterocycles. The van der Waals surface area contributed by atoms with Gasteiger partial charge in [0.15, 0.2) is 0 Å². The number of hydrogen-bond acceptors (Lipinski definition) is 7. The average Bonchev–Trinajstić information content (AvgIpc) is 2.98. The van der Waals surface area contributed by atoms with Crippen molar-refractivity contribution in [3.63, 3.8) is 0 Å². The van der Waals surface area contributed by atoms with Crippen molar-refractivity contribution >= 4 is 27.3 Å². The third-order valence-corrected chi connectivity index (χ3v) is 7.04. The summed E-state index contributed by atoms with van der Waals surface area (Å²) in [6, 6.07) is 6.64. The van der Waals surface area contributed by atoms with E-state index in [1.807, 2.05) is 13.8 Å². The second kappa shape index (κ2) is 8.38. The number of thiophene rings is 1. The zero-order chi connectivity index (χ0) is 20.3. The molecule has 2 N–H and O–H groups in total. The first-order chi connectivity index (χ1) is 13.3. The molecule has 0 unspecified atom stereocenters. The first-order valence-corrected chi connectivity index (χ1v) is 11.1. The van der Waals surface area contributed by atoms with Crippen LogP contribution >= 0.6 is 11.3 Å². The Hall–Kier alpha value is -2.29. The molecule has 0 bridgehead atoms. The normalized spacial score (nSPS) is 11.7. The topological polar surface area (TPSA) is 95.2 Å². The molecular formula is C20H23N3O3S2. The van der Waals surface area contributed by atoms with Crippen molar-refractivity contribution < 1.29 is 12.6 Å². The van der Waals surface area contributed by atoms with E-state index < -0.39 is 10.1 Å². The minimum Gasteiger partial charge on any atom is -0.383 e. The molecule has 0 aliphatic rings. The summed E-state index contributed by atoms with van der Waals surface area (Å²) in [5, 5.41) is 2.07. The number of anilines is 1. The molecule has 148 valence electrons. The predicted molar refractivity (Wildman–Crippen MR) is 111 cm³/mol. The maximum absolute atomic E-state index is 12.3. The molecule has 0 saturated carbocycles. The highest BCUT2D eigenvalue weighted by atomic mass is 32.2. The number of benzene rings is 1. The van der Waals surface area contributed by atoms with Gasteiger partial charge < -0.3 is 5.73 Å². The van der Waals surface area contributed by atoms with Crippen LogP contribution in [-0.2, 0) is 27.1 Å². The third kappa shape index (κ3) is 4.76. The number of rotatable bonds is 7. The summed E-state index contributed by atoms with van der Waals surface area (Å²) in [7, 11) is -3.74. The van der Waals surface area contributed by atoms with Gasteiger partial charge in [0.2, 0.25) is 0 Å². The summed E-state index contributed by atoms with van der Waals surface area (Å²) in [4.78, 5) is 9.68. The number of aromatic nitrogens is 2. The van der Waals surface area contributed by atoms with Crippen LogP contribution in [0.15, 0.2) is 40.7 Å². The van der Waals surface area contributed by atoms with Gasteiger partial charge in [-0.3, -0.25) is 4.18 Å². The molecule has 3 rings (SSSR count). The highest BCUT2D eigenvalue weighted by Gasteiger charge is 2.16. The zero-order valence-electron chi connectivity index (χ0n) is 16.1. The number of hydrogen-bond donors (Lipinski definition) is 1. The van der Waals surface area contributed by atoms with E-state index in [4.69, 9.17) is 9.92 Å². The largest absolute Gasteiger partial charge is 0.383 e. The molecule has 28 heavy (non-hydrogen) atoms. The van der Waals surface area contributed by atoms with Crippen LogP contribution in [0.4, 0.5) is 5.82 Å². The number of nitrogens with two attached hydrogens (primary N) is 1. The molecule has 3 aromatic rings. The maximum atomic E-state index is 12.3. The molecule has 2 heterocycles. The van der Waals surface area contributed by atoms with E-state index in [0.717, 1.165) is 27.1 Å². The van der Waals surface area contributed by atoms with Crippen molar-refractivity contribution in [1.29, 1.82) is 0 Å². The highest BCUT2D eigenvalue weighted by Crippen LogP contribution is 2.26. The van der Waals surface area contributed by atoms with E-state index in [9.17, 15) is 8.42 Å². The molecule has 0 fully saturated rings. The van der Waals surface area contributed by atoms with Gasteiger partial charge in [-0.05, 0) is 49.4 Å². The molecule has 8 heteroatoms. The van der Waals surface area contributed by atoms with Crippen LogP contribution < -0.4 is 5.73 Å². The van der Waals surface area contributed by atoms with Gasteiger partial charge in [0.25, 0.3) is 10.1 Å². The third-order valence-electron chi connectivity index (χ3n) is 4.52. The Labute approximate surface area is 169 Å². The van der Waals surface area contributed by atoms with E-state index in [1.165, 1.54) is 0 Å². The Morgan fingerprint density at radius 1 is 1.11 bits per heavy atom. The lowest BCUT2D eigenvalue weighted by Gasteiger charge is -2.07. The fourth-order valence-corrected chi connectivity index (χ4v) is 4.75. The second-order valence-corrected chi connectivity index (χ2v) is 9.23. The van der Waals surface area contributed by atoms with Crippen LogP contribution in [0.2, 0.25) is 0 Å². The molecular weight excluding hydrogens is 394 g/mol. The quantitative estimate of drug-likeness (QED) is 0.590. The summed E-state index contributed by atoms with van der Waals surface area (Å²) in [6.07, 6.45) is 2.93. The van der Waals surface area contributed by atoms with Gasteiger partial charge >= 0.3 is 0 Å². The van der Waals surface area contributed by atoms with Crippen molar-refractivity contribution in [2.24, 2.45) is 0 Å². The molecule has 0 radical (unpaired) electrons. The Balaban J connectivity index is 1.63. The van der Waals surface area contributed by atoms with Crippen LogP contribution in [0.3, 0.4) is 0 Å². The van der Waals surface area contributed by atoms with Crippen LogP contribution in [0.1, 0.15) is 33.0 Å². The average molecular weight is 418 g/mol. The van der Waals surface area contributed by atoms with Crippen molar-refractivity contribution in [2.75, 3.05) is 12.3 Å². The van der Waals surface area contributed by atoms with E-state index in [1.54, 1.807) is 48.7 Å². The van der Waals surface area contributed by atoms with Gasteiger partial charge in [-0.15, -0.1) is 11.3 Å². The van der Waals surface area contributed by atoms with E-state index in [-0.39, 0.29) is 11.5 Å². The highest BCUT2D eigenvalue weighted by molar-refractivity contribution is 7.86. The summed E-state index contributed by atoms with van der Waals surface area (Å²) in [5.74, 6) is 1.14. The Morgan fingerprint density at radius 2 is 1.82 bits per heavy atom. The molecule has 6 nitrogen and oxygen atoms in total. The smallest absolute Gasteiger partial charge is 0.296 e. The predicted octanol–water partition coefficient (Wildman–Crippen LogP) is 3.58. The first kappa shape index (κ1) is 20.4. The van der Waals surface area contributed by atoms with Crippen molar-refractivity contribution in [3.8, 4) is 0 Å². The van der Waals surface area contributed by atoms with Crippen molar-refractivity contribution in [1.82, 2.24) is 9.97 Å². The van der Waals surface area contributed by atoms with Crippen LogP contribution in [0.5, 0.6) is 0 Å². The first-order valence-electron chi connectivity index (χ1n) is 8.86. The molecule has 0 saturated heterocycles. The van der Waals surface area contributed by atoms with Crippen LogP contribution in [0.25, 0.3) is 0 Å². The second-order valence-electron chi connectivity index (χ2n) is 6.65. The van der Waals surface area contributed by atoms with Crippen LogP contribution in [0, 0.1) is 20.8 Å². The lowest BCUT2D eigenvalue weighted by atomic mass is 10.0. The molecule has 1 aromatic carbocycles. The van der Waals surface area contributed by atoms with Crippen LogP contribution in [-0.4, -0.2) is 25.0 Å². The lowest BCUT2D eigenvalue weighted by Crippen LogP contribution is -2.09. The summed E-state index contributed by atoms with van der Waals surface area (Å²) < 4.78 is 29.8. The summed E-state index contributed by atoms with van der Waals surface area (Å²) >= 11 is 1.60. The molecule has 0 atom stereocenters. The van der Waals surface area contributed by atoms with E-state index in [0.29, 0.717) is 24.5 Å². The number of aryl methyl sites for hydroxylation is 2. The van der Waals surface area contributed by atoms with E-state index in [2.05, 4.69) is 15.3 Å². The fourth-order valence-electron chi connectivity index (χ4n) is 2.79. The van der Waals surface area contributed by atoms with Gasteiger partial charge in [-0.2, -0.15) is 8.42 Å². The van der Waals surface area contributed by atoms with E-state index >= 15 is 0 Å². The molecule has 0 spiro atoms. The monoisotopic (exact) mass is 417 g/mol. The standard InChI is InChI=1S/C20H23N3O3S2/c1-13-4-6-18(7-5-13)28(24,25)26-9-8-19-14(2)17(12-27-19)10-16-11-22-15(3)23-20(16)21/h4-7,11-12H,8-10H2,1-3H3,(H2,21,22,23). The molecule has 0 amide bonds. The van der Waals surface area contributed by atoms with Gasteiger partial charge in [0.05, 0.1) is 11.5 Å². The van der Waals surface area contributed by atoms with Gasteiger partial charge in [0.1, 0.15) is 11.6 Å². The lowest BCUT2D eigenvalue weighted by molar-refractivity contribution is 0.323. The number of nitrogens with zero attached hydrogens (tertiary/aromatic N) is 2. The summed E-state index contributed by atoms with van der Waals surface area (Å²) in [5.41, 5.74) is 10.1. The van der Waals surface area contributed by atoms with Gasteiger partial charge in [0, 0.05) is 29.5 Å².